The summed E-state index contributed by atoms with van der Waals surface area (Å²) >= 11 is 0. The van der Waals surface area contributed by atoms with Crippen LogP contribution in [0.3, 0.4) is 0 Å². The first-order valence-corrected chi connectivity index (χ1v) is 14.8. The Morgan fingerprint density at radius 2 is 1.18 bits per heavy atom. The van der Waals surface area contributed by atoms with Gasteiger partial charge >= 0.3 is 0 Å². The molecule has 8 rings (SSSR count). The normalized spacial score (nSPS) is 12.2. The molecule has 0 saturated carbocycles. The average Bonchev–Trinajstić information content (AvgIpc) is 3.67. The molecule has 5 heteroatoms. The molecule has 214 valence electrons. The summed E-state index contributed by atoms with van der Waals surface area (Å²) in [6.07, 6.45) is 7.53. The number of allylic oxidation sites excluding steroid dienone is 5. The Balaban J connectivity index is 1.23. The average molecular weight is 582 g/mol. The zero-order valence-electron chi connectivity index (χ0n) is 24.6. The summed E-state index contributed by atoms with van der Waals surface area (Å²) in [7, 11) is 0. The highest BCUT2D eigenvalue weighted by Gasteiger charge is 2.18. The summed E-state index contributed by atoms with van der Waals surface area (Å²) < 4.78 is 12.9. The zero-order chi connectivity index (χ0) is 30.3. The van der Waals surface area contributed by atoms with E-state index in [1.807, 2.05) is 73.7 Å². The van der Waals surface area contributed by atoms with Crippen molar-refractivity contribution >= 4 is 49.5 Å². The van der Waals surface area contributed by atoms with Crippen molar-refractivity contribution in [1.29, 1.82) is 0 Å². The molecular formula is C40H27N3O2. The van der Waals surface area contributed by atoms with Crippen molar-refractivity contribution in [3.8, 4) is 33.9 Å². The highest BCUT2D eigenvalue weighted by atomic mass is 16.4. The lowest BCUT2D eigenvalue weighted by atomic mass is 10.0. The van der Waals surface area contributed by atoms with Crippen molar-refractivity contribution in [1.82, 2.24) is 15.0 Å². The molecule has 0 aliphatic rings. The summed E-state index contributed by atoms with van der Waals surface area (Å²) in [5.74, 6) is 1.87. The molecule has 0 saturated heterocycles. The minimum Gasteiger partial charge on any atom is -0.452 e. The summed E-state index contributed by atoms with van der Waals surface area (Å²) in [5.41, 5.74) is 8.03. The second kappa shape index (κ2) is 10.9. The molecule has 0 unspecified atom stereocenters. The van der Waals surface area contributed by atoms with E-state index < -0.39 is 0 Å². The molecule has 3 heterocycles. The van der Waals surface area contributed by atoms with Crippen molar-refractivity contribution in [3.63, 3.8) is 0 Å². The fourth-order valence-electron chi connectivity index (χ4n) is 5.82. The maximum Gasteiger partial charge on any atom is 0.178 e. The predicted octanol–water partition coefficient (Wildman–Crippen LogP) is 10.8. The molecule has 0 amide bonds. The van der Waals surface area contributed by atoms with Gasteiger partial charge in [-0.1, -0.05) is 122 Å². The van der Waals surface area contributed by atoms with E-state index in [4.69, 9.17) is 23.8 Å². The molecule has 0 aliphatic heterocycles. The number of fused-ring (bicyclic) bond motifs is 7. The molecule has 0 fully saturated rings. The third-order valence-corrected chi connectivity index (χ3v) is 8.08. The Labute approximate surface area is 259 Å². The Morgan fingerprint density at radius 1 is 0.556 bits per heavy atom. The van der Waals surface area contributed by atoms with Crippen LogP contribution in [0.15, 0.2) is 149 Å². The highest BCUT2D eigenvalue weighted by Crippen LogP contribution is 2.41. The van der Waals surface area contributed by atoms with Gasteiger partial charge in [0.25, 0.3) is 0 Å². The van der Waals surface area contributed by atoms with Gasteiger partial charge in [0, 0.05) is 38.2 Å². The van der Waals surface area contributed by atoms with E-state index in [-0.39, 0.29) is 0 Å². The lowest BCUT2D eigenvalue weighted by Crippen LogP contribution is -2.01. The van der Waals surface area contributed by atoms with Gasteiger partial charge in [-0.2, -0.15) is 0 Å². The number of para-hydroxylation sites is 2. The fourth-order valence-corrected chi connectivity index (χ4v) is 5.82. The Morgan fingerprint density at radius 3 is 1.96 bits per heavy atom. The van der Waals surface area contributed by atoms with E-state index in [1.54, 1.807) is 6.08 Å². The second-order valence-electron chi connectivity index (χ2n) is 10.9. The van der Waals surface area contributed by atoms with Gasteiger partial charge in [-0.3, -0.25) is 0 Å². The molecule has 0 spiro atoms. The number of hydrogen-bond acceptors (Lipinski definition) is 5. The lowest BCUT2D eigenvalue weighted by molar-refractivity contribution is 0.634. The number of hydrogen-bond donors (Lipinski definition) is 0. The Hall–Kier alpha value is -6.07. The van der Waals surface area contributed by atoms with Crippen LogP contribution in [0.2, 0.25) is 0 Å². The summed E-state index contributed by atoms with van der Waals surface area (Å²) in [4.78, 5) is 14.5. The van der Waals surface area contributed by atoms with Crippen molar-refractivity contribution in [2.45, 2.75) is 6.92 Å². The van der Waals surface area contributed by atoms with Gasteiger partial charge in [0.1, 0.15) is 11.2 Å². The van der Waals surface area contributed by atoms with Gasteiger partial charge in [0.05, 0.1) is 0 Å². The summed E-state index contributed by atoms with van der Waals surface area (Å²) in [6, 6.07) is 36.9. The summed E-state index contributed by atoms with van der Waals surface area (Å²) in [5, 5.41) is 4.22. The topological polar surface area (TPSA) is 65.0 Å². The van der Waals surface area contributed by atoms with E-state index in [9.17, 15) is 0 Å². The third-order valence-electron chi connectivity index (χ3n) is 8.08. The molecule has 3 aromatic heterocycles. The SMILES string of the molecule is C=C/C=C\C=C(/C)c1nc(-c2ccccc2)nc(-c2ccc(-c3cccc4c3oc3c4ccc4c5ccccc5oc43)cc2)n1. The number of benzene rings is 5. The van der Waals surface area contributed by atoms with Crippen LogP contribution in [0.25, 0.3) is 83.4 Å². The molecule has 0 bridgehead atoms. The van der Waals surface area contributed by atoms with Crippen LogP contribution < -0.4 is 0 Å². The molecule has 5 aromatic carbocycles. The smallest absolute Gasteiger partial charge is 0.178 e. The van der Waals surface area contributed by atoms with Gasteiger partial charge in [-0.05, 0) is 36.3 Å². The van der Waals surface area contributed by atoms with Gasteiger partial charge in [-0.25, -0.2) is 15.0 Å². The van der Waals surface area contributed by atoms with E-state index >= 15 is 0 Å². The Bertz CT molecular complexity index is 2450. The van der Waals surface area contributed by atoms with Crippen LogP contribution in [0.1, 0.15) is 12.7 Å². The summed E-state index contributed by atoms with van der Waals surface area (Å²) in [6.45, 7) is 5.74. The number of aromatic nitrogens is 3. The van der Waals surface area contributed by atoms with Gasteiger partial charge < -0.3 is 8.83 Å². The monoisotopic (exact) mass is 581 g/mol. The van der Waals surface area contributed by atoms with Crippen molar-refractivity contribution < 1.29 is 8.83 Å². The molecule has 45 heavy (non-hydrogen) atoms. The molecule has 8 aromatic rings. The quantitative estimate of drug-likeness (QED) is 0.183. The van der Waals surface area contributed by atoms with E-state index in [1.165, 1.54) is 0 Å². The number of nitrogens with zero attached hydrogens (tertiary/aromatic N) is 3. The fraction of sp³-hybridized carbons (Fsp3) is 0.0250. The van der Waals surface area contributed by atoms with Crippen LogP contribution in [0.4, 0.5) is 0 Å². The molecule has 0 radical (unpaired) electrons. The first kappa shape index (κ1) is 26.5. The molecular weight excluding hydrogens is 554 g/mol. The van der Waals surface area contributed by atoms with Crippen LogP contribution >= 0.6 is 0 Å². The molecule has 5 nitrogen and oxygen atoms in total. The van der Waals surface area contributed by atoms with Crippen molar-refractivity contribution in [2.75, 3.05) is 0 Å². The minimum absolute atomic E-state index is 0.611. The molecule has 0 atom stereocenters. The van der Waals surface area contributed by atoms with Crippen LogP contribution in [0.5, 0.6) is 0 Å². The highest BCUT2D eigenvalue weighted by molar-refractivity contribution is 6.20. The first-order valence-electron chi connectivity index (χ1n) is 14.8. The predicted molar refractivity (Wildman–Crippen MR) is 184 cm³/mol. The third kappa shape index (κ3) is 4.62. The van der Waals surface area contributed by atoms with Gasteiger partial charge in [0.2, 0.25) is 0 Å². The Kier molecular flexibility index (Phi) is 6.42. The van der Waals surface area contributed by atoms with Crippen LogP contribution in [0, 0.1) is 0 Å². The lowest BCUT2D eigenvalue weighted by Gasteiger charge is -2.09. The second-order valence-corrected chi connectivity index (χ2v) is 10.9. The van der Waals surface area contributed by atoms with Crippen molar-refractivity contribution in [3.05, 3.63) is 146 Å². The van der Waals surface area contributed by atoms with Gasteiger partial charge in [-0.15, -0.1) is 0 Å². The number of furan rings is 2. The zero-order valence-corrected chi connectivity index (χ0v) is 24.6. The van der Waals surface area contributed by atoms with Crippen LogP contribution in [-0.4, -0.2) is 15.0 Å². The van der Waals surface area contributed by atoms with Crippen molar-refractivity contribution in [2.24, 2.45) is 0 Å². The first-order chi connectivity index (χ1) is 22.2. The van der Waals surface area contributed by atoms with Crippen LogP contribution in [-0.2, 0) is 0 Å². The standard InChI is InChI=1S/C40H27N3O2/c1-3-4-6-12-25(2)38-41-39(27-13-7-5-8-14-27)43-40(42-38)28-21-19-26(20-22-28)29-16-11-17-31-33-24-23-32-30-15-9-10-18-34(30)44-36(32)37(33)45-35(29)31/h3-24H,1H2,2H3/b6-4-,25-12+. The van der Waals surface area contributed by atoms with Gasteiger partial charge in [0.15, 0.2) is 28.6 Å². The molecule has 0 N–H and O–H groups in total. The maximum atomic E-state index is 6.60. The largest absolute Gasteiger partial charge is 0.452 e. The number of rotatable bonds is 6. The minimum atomic E-state index is 0.611. The van der Waals surface area contributed by atoms with E-state index in [0.29, 0.717) is 17.5 Å². The van der Waals surface area contributed by atoms with E-state index in [0.717, 1.165) is 71.7 Å². The molecule has 0 aliphatic carbocycles. The maximum absolute atomic E-state index is 6.60. The van der Waals surface area contributed by atoms with E-state index in [2.05, 4.69) is 67.2 Å².